The van der Waals surface area contributed by atoms with Gasteiger partial charge in [-0.2, -0.15) is 0 Å². The molecule has 0 aliphatic carbocycles. The number of hydrogen-bond donors (Lipinski definition) is 0. The summed E-state index contributed by atoms with van der Waals surface area (Å²) in [5, 5.41) is 7.17. The molecule has 0 fully saturated rings. The lowest BCUT2D eigenvalue weighted by Gasteiger charge is -2.18. The van der Waals surface area contributed by atoms with E-state index in [4.69, 9.17) is 15.0 Å². The highest BCUT2D eigenvalue weighted by Crippen LogP contribution is 2.44. The summed E-state index contributed by atoms with van der Waals surface area (Å²) in [6.45, 7) is 0. The molecule has 1 aromatic heterocycles. The summed E-state index contributed by atoms with van der Waals surface area (Å²) in [6.07, 6.45) is 0. The van der Waals surface area contributed by atoms with Crippen LogP contribution in [0.2, 0.25) is 0 Å². The van der Waals surface area contributed by atoms with Gasteiger partial charge in [-0.15, -0.1) is 0 Å². The molecule has 0 amide bonds. The number of benzene rings is 9. The molecule has 0 saturated carbocycles. The normalized spacial score (nSPS) is 11.3. The lowest BCUT2D eigenvalue weighted by Crippen LogP contribution is -2.00. The molecule has 0 N–H and O–H groups in total. The van der Waals surface area contributed by atoms with Gasteiger partial charge in [0, 0.05) is 16.7 Å². The SMILES string of the molecule is c1ccc(-c2ccc(-c3c4ccccc4c(-c4cccc(-c5nc(-c6ccccc6)nc(-c6ccc7ccccc7c6)n5)c4)c4ccccc34)cc2)cc1. The Balaban J connectivity index is 1.14. The molecule has 0 radical (unpaired) electrons. The van der Waals surface area contributed by atoms with Gasteiger partial charge in [-0.25, -0.2) is 15.0 Å². The first-order chi connectivity index (χ1) is 26.8. The van der Waals surface area contributed by atoms with Gasteiger partial charge in [0.15, 0.2) is 17.5 Å². The van der Waals surface area contributed by atoms with Crippen molar-refractivity contribution in [1.29, 1.82) is 0 Å². The van der Waals surface area contributed by atoms with E-state index in [1.165, 1.54) is 54.7 Å². The van der Waals surface area contributed by atoms with E-state index in [9.17, 15) is 0 Å². The zero-order valence-corrected chi connectivity index (χ0v) is 29.4. The van der Waals surface area contributed by atoms with Gasteiger partial charge in [0.1, 0.15) is 0 Å². The number of rotatable bonds is 6. The average molecular weight is 688 g/mol. The predicted octanol–water partition coefficient (Wildman–Crippen LogP) is 13.3. The smallest absolute Gasteiger partial charge is 0.164 e. The molecule has 0 aliphatic heterocycles. The Morgan fingerprint density at radius 1 is 0.222 bits per heavy atom. The molecular weight excluding hydrogens is 655 g/mol. The number of aromatic nitrogens is 3. The molecule has 3 heteroatoms. The Labute approximate surface area is 313 Å². The Bertz CT molecular complexity index is 2910. The minimum atomic E-state index is 0.637. The highest BCUT2D eigenvalue weighted by Gasteiger charge is 2.18. The monoisotopic (exact) mass is 687 g/mol. The molecule has 0 saturated heterocycles. The van der Waals surface area contributed by atoms with Crippen LogP contribution < -0.4 is 0 Å². The van der Waals surface area contributed by atoms with Crippen molar-refractivity contribution in [2.45, 2.75) is 0 Å². The topological polar surface area (TPSA) is 38.7 Å². The van der Waals surface area contributed by atoms with Crippen molar-refractivity contribution in [3.05, 3.63) is 200 Å². The molecule has 10 aromatic rings. The highest BCUT2D eigenvalue weighted by molar-refractivity contribution is 6.21. The van der Waals surface area contributed by atoms with E-state index in [1.54, 1.807) is 0 Å². The van der Waals surface area contributed by atoms with Gasteiger partial charge in [-0.1, -0.05) is 188 Å². The van der Waals surface area contributed by atoms with Gasteiger partial charge >= 0.3 is 0 Å². The Kier molecular flexibility index (Phi) is 7.81. The largest absolute Gasteiger partial charge is 0.208 e. The van der Waals surface area contributed by atoms with Crippen LogP contribution in [0.3, 0.4) is 0 Å². The minimum Gasteiger partial charge on any atom is -0.208 e. The number of hydrogen-bond acceptors (Lipinski definition) is 3. The Hall–Kier alpha value is -7.23. The van der Waals surface area contributed by atoms with Gasteiger partial charge in [-0.05, 0) is 77.8 Å². The Morgan fingerprint density at radius 2 is 0.611 bits per heavy atom. The maximum atomic E-state index is 5.13. The third-order valence-electron chi connectivity index (χ3n) is 10.3. The molecule has 0 bridgehead atoms. The third-order valence-corrected chi connectivity index (χ3v) is 10.3. The molecule has 9 aromatic carbocycles. The maximum absolute atomic E-state index is 5.13. The molecule has 252 valence electrons. The maximum Gasteiger partial charge on any atom is 0.164 e. The molecule has 0 aliphatic rings. The van der Waals surface area contributed by atoms with Crippen LogP contribution in [-0.4, -0.2) is 15.0 Å². The van der Waals surface area contributed by atoms with Crippen LogP contribution in [0.4, 0.5) is 0 Å². The summed E-state index contributed by atoms with van der Waals surface area (Å²) >= 11 is 0. The quantitative estimate of drug-likeness (QED) is 0.163. The molecule has 0 unspecified atom stereocenters. The summed E-state index contributed by atoms with van der Waals surface area (Å²) < 4.78 is 0. The van der Waals surface area contributed by atoms with Gasteiger partial charge in [0.05, 0.1) is 0 Å². The highest BCUT2D eigenvalue weighted by atomic mass is 15.0. The lowest BCUT2D eigenvalue weighted by molar-refractivity contribution is 1.07. The summed E-state index contributed by atoms with van der Waals surface area (Å²) in [4.78, 5) is 15.2. The van der Waals surface area contributed by atoms with Gasteiger partial charge in [-0.3, -0.25) is 0 Å². The van der Waals surface area contributed by atoms with E-state index in [-0.39, 0.29) is 0 Å². The molecule has 0 atom stereocenters. The lowest BCUT2D eigenvalue weighted by atomic mass is 9.85. The van der Waals surface area contributed by atoms with Crippen molar-refractivity contribution in [2.24, 2.45) is 0 Å². The molecule has 54 heavy (non-hydrogen) atoms. The van der Waals surface area contributed by atoms with E-state index < -0.39 is 0 Å². The van der Waals surface area contributed by atoms with Crippen molar-refractivity contribution in [2.75, 3.05) is 0 Å². The van der Waals surface area contributed by atoms with E-state index in [2.05, 4.69) is 182 Å². The van der Waals surface area contributed by atoms with Crippen LogP contribution in [0.25, 0.3) is 99.9 Å². The summed E-state index contributed by atoms with van der Waals surface area (Å²) in [5.41, 5.74) is 10.0. The van der Waals surface area contributed by atoms with Crippen molar-refractivity contribution in [3.63, 3.8) is 0 Å². The van der Waals surface area contributed by atoms with Crippen molar-refractivity contribution in [1.82, 2.24) is 15.0 Å². The zero-order valence-electron chi connectivity index (χ0n) is 29.4. The fourth-order valence-corrected chi connectivity index (χ4v) is 7.70. The number of nitrogens with zero attached hydrogens (tertiary/aromatic N) is 3. The van der Waals surface area contributed by atoms with E-state index in [0.29, 0.717) is 17.5 Å². The van der Waals surface area contributed by atoms with E-state index >= 15 is 0 Å². The summed E-state index contributed by atoms with van der Waals surface area (Å²) in [6, 6.07) is 70.7. The fourth-order valence-electron chi connectivity index (χ4n) is 7.70. The second-order valence-electron chi connectivity index (χ2n) is 13.6. The van der Waals surface area contributed by atoms with Gasteiger partial charge in [0.2, 0.25) is 0 Å². The van der Waals surface area contributed by atoms with E-state index in [0.717, 1.165) is 27.6 Å². The zero-order chi connectivity index (χ0) is 35.8. The predicted molar refractivity (Wildman–Crippen MR) is 225 cm³/mol. The molecule has 10 rings (SSSR count). The van der Waals surface area contributed by atoms with Crippen LogP contribution in [0.1, 0.15) is 0 Å². The first kappa shape index (κ1) is 31.5. The second-order valence-corrected chi connectivity index (χ2v) is 13.6. The van der Waals surface area contributed by atoms with Crippen LogP contribution in [0.15, 0.2) is 200 Å². The van der Waals surface area contributed by atoms with Crippen LogP contribution in [0.5, 0.6) is 0 Å². The number of fused-ring (bicyclic) bond motifs is 3. The first-order valence-electron chi connectivity index (χ1n) is 18.3. The van der Waals surface area contributed by atoms with Gasteiger partial charge in [0.25, 0.3) is 0 Å². The van der Waals surface area contributed by atoms with Crippen LogP contribution in [0, 0.1) is 0 Å². The first-order valence-corrected chi connectivity index (χ1v) is 18.3. The fraction of sp³-hybridized carbons (Fsp3) is 0. The molecule has 0 spiro atoms. The molecular formula is C51H33N3. The van der Waals surface area contributed by atoms with Crippen molar-refractivity contribution < 1.29 is 0 Å². The Morgan fingerprint density at radius 3 is 1.22 bits per heavy atom. The van der Waals surface area contributed by atoms with Crippen molar-refractivity contribution >= 4 is 32.3 Å². The minimum absolute atomic E-state index is 0.637. The average Bonchev–Trinajstić information content (AvgIpc) is 3.26. The van der Waals surface area contributed by atoms with Gasteiger partial charge < -0.3 is 0 Å². The standard InChI is InChI=1S/C51H33N3/c1-3-14-34(15-4-1)36-26-29-37(30-27-36)47-43-22-9-11-24-45(43)48(46-25-12-10-23-44(46)47)40-20-13-21-41(33-40)50-52-49(38-17-5-2-6-18-38)53-51(54-50)42-31-28-35-16-7-8-19-39(35)32-42/h1-33H. The molecule has 3 nitrogen and oxygen atoms in total. The summed E-state index contributed by atoms with van der Waals surface area (Å²) in [7, 11) is 0. The summed E-state index contributed by atoms with van der Waals surface area (Å²) in [5.74, 6) is 1.93. The van der Waals surface area contributed by atoms with E-state index in [1.807, 2.05) is 18.2 Å². The second kappa shape index (κ2) is 13.4. The van der Waals surface area contributed by atoms with Crippen LogP contribution >= 0.6 is 0 Å². The van der Waals surface area contributed by atoms with Crippen LogP contribution in [-0.2, 0) is 0 Å². The van der Waals surface area contributed by atoms with Crippen molar-refractivity contribution in [3.8, 4) is 67.5 Å². The molecule has 1 heterocycles. The third kappa shape index (κ3) is 5.69.